The van der Waals surface area contributed by atoms with Gasteiger partial charge < -0.3 is 17.1 Å². The molecule has 0 N–H and O–H groups in total. The smallest absolute Gasteiger partial charge is 1.00 e. The fourth-order valence-electron chi connectivity index (χ4n) is 0. The molecular weight excluding hydrogens is 149 g/mol. The number of hydrogen-bond acceptors (Lipinski definition) is 1. The molecule has 0 aliphatic carbocycles. The SMILES string of the molecule is [Cl-].[K+].[Na+].[O-]Cl. The van der Waals surface area contributed by atoms with Crippen molar-refractivity contribution in [1.82, 2.24) is 0 Å². The Kier molecular flexibility index (Phi) is 131. The van der Waals surface area contributed by atoms with Crippen LogP contribution in [0.4, 0.5) is 0 Å². The van der Waals surface area contributed by atoms with Crippen molar-refractivity contribution in [2.24, 2.45) is 0 Å². The Morgan fingerprint density at radius 2 is 1.20 bits per heavy atom. The normalized spacial score (nSPS) is 1.20. The van der Waals surface area contributed by atoms with Gasteiger partial charge in [-0.25, -0.2) is 11.9 Å². The van der Waals surface area contributed by atoms with Crippen LogP contribution in [0.2, 0.25) is 0 Å². The van der Waals surface area contributed by atoms with Gasteiger partial charge >= 0.3 is 80.9 Å². The van der Waals surface area contributed by atoms with Crippen LogP contribution in [0.5, 0.6) is 0 Å². The second-order valence-corrected chi connectivity index (χ2v) is 0. The number of rotatable bonds is 0. The first-order chi connectivity index (χ1) is 1.00. The van der Waals surface area contributed by atoms with Crippen LogP contribution >= 0.6 is 11.9 Å². The van der Waals surface area contributed by atoms with E-state index >= 15 is 0 Å². The van der Waals surface area contributed by atoms with Gasteiger partial charge in [-0.1, -0.05) is 0 Å². The van der Waals surface area contributed by atoms with Crippen molar-refractivity contribution in [3.63, 3.8) is 0 Å². The number of halogens is 2. The average Bonchev–Trinajstić information content (AvgIpc) is 1.00. The molecule has 0 saturated heterocycles. The van der Waals surface area contributed by atoms with Crippen molar-refractivity contribution in [2.75, 3.05) is 0 Å². The van der Waals surface area contributed by atoms with E-state index in [0.717, 1.165) is 0 Å². The molecule has 0 heterocycles. The molecule has 0 saturated carbocycles. The fraction of sp³-hybridized carbons (Fsp3) is 0. The molecule has 0 radical (unpaired) electrons. The van der Waals surface area contributed by atoms with Gasteiger partial charge in [0, 0.05) is 0 Å². The van der Waals surface area contributed by atoms with Gasteiger partial charge in [0.2, 0.25) is 0 Å². The average molecular weight is 149 g/mol. The zero-order valence-corrected chi connectivity index (χ0v) is 9.80. The topological polar surface area (TPSA) is 23.1 Å². The summed E-state index contributed by atoms with van der Waals surface area (Å²) >= 11 is 3.39. The summed E-state index contributed by atoms with van der Waals surface area (Å²) in [5.41, 5.74) is 0. The molecular formula is Cl2KNaO. The van der Waals surface area contributed by atoms with Crippen LogP contribution in [0.25, 0.3) is 0 Å². The molecule has 0 spiro atoms. The first kappa shape index (κ1) is 24.1. The van der Waals surface area contributed by atoms with Crippen molar-refractivity contribution < 1.29 is 98.0 Å². The van der Waals surface area contributed by atoms with Crippen LogP contribution < -0.4 is 98.0 Å². The first-order valence-electron chi connectivity index (χ1n) is 0.154. The Morgan fingerprint density at radius 1 is 1.20 bits per heavy atom. The summed E-state index contributed by atoms with van der Waals surface area (Å²) in [6.45, 7) is 0. The van der Waals surface area contributed by atoms with E-state index in [4.69, 9.17) is 4.66 Å². The van der Waals surface area contributed by atoms with E-state index in [-0.39, 0.29) is 93.3 Å². The molecule has 0 aromatic rings. The van der Waals surface area contributed by atoms with E-state index < -0.39 is 0 Å². The monoisotopic (exact) mass is 148 g/mol. The molecule has 5 heteroatoms. The molecule has 0 aliphatic heterocycles. The summed E-state index contributed by atoms with van der Waals surface area (Å²) in [6, 6.07) is 0. The molecule has 0 fully saturated rings. The van der Waals surface area contributed by atoms with Crippen LogP contribution in [0.1, 0.15) is 0 Å². The van der Waals surface area contributed by atoms with Crippen LogP contribution in [0.3, 0.4) is 0 Å². The molecule has 5 heavy (non-hydrogen) atoms. The molecule has 0 aromatic heterocycles. The summed E-state index contributed by atoms with van der Waals surface area (Å²) in [6.07, 6.45) is 0. The van der Waals surface area contributed by atoms with Crippen LogP contribution in [-0.4, -0.2) is 0 Å². The minimum Gasteiger partial charge on any atom is -1.00 e. The van der Waals surface area contributed by atoms with Gasteiger partial charge in [0.15, 0.2) is 0 Å². The molecule has 0 atom stereocenters. The molecule has 0 bridgehead atoms. The Bertz CT molecular complexity index is 9.61. The molecule has 22 valence electrons. The van der Waals surface area contributed by atoms with E-state index in [9.17, 15) is 0 Å². The van der Waals surface area contributed by atoms with Crippen molar-refractivity contribution in [3.8, 4) is 0 Å². The summed E-state index contributed by atoms with van der Waals surface area (Å²) < 4.78 is 7.72. The molecule has 0 unspecified atom stereocenters. The van der Waals surface area contributed by atoms with Crippen molar-refractivity contribution in [3.05, 3.63) is 0 Å². The third-order valence-corrected chi connectivity index (χ3v) is 0. The number of hydrogen-bond donors (Lipinski definition) is 0. The predicted molar refractivity (Wildman–Crippen MR) is 5.85 cm³/mol. The minimum atomic E-state index is 0. The zero-order valence-electron chi connectivity index (χ0n) is 3.16. The van der Waals surface area contributed by atoms with Crippen molar-refractivity contribution in [2.45, 2.75) is 0 Å². The van der Waals surface area contributed by atoms with E-state index in [1.165, 1.54) is 0 Å². The quantitative estimate of drug-likeness (QED) is 0.314. The van der Waals surface area contributed by atoms with Crippen molar-refractivity contribution >= 4 is 11.9 Å². The zero-order chi connectivity index (χ0) is 2.00. The maximum absolute atomic E-state index is 7.72. The van der Waals surface area contributed by atoms with Gasteiger partial charge in [-0.3, -0.25) is 0 Å². The van der Waals surface area contributed by atoms with Gasteiger partial charge in [-0.2, -0.15) is 0 Å². The Labute approximate surface area is 107 Å². The van der Waals surface area contributed by atoms with E-state index in [1.807, 2.05) is 0 Å². The van der Waals surface area contributed by atoms with Gasteiger partial charge in [0.1, 0.15) is 0 Å². The standard InChI is InChI=1S/ClO.ClH.K.Na/c1-2;;;/h;1H;;/q-1;;2*+1/p-1. The fourth-order valence-corrected chi connectivity index (χ4v) is 0. The largest absolute Gasteiger partial charge is 1.00 e. The van der Waals surface area contributed by atoms with Gasteiger partial charge in [-0.05, 0) is 0 Å². The maximum Gasteiger partial charge on any atom is 1.00 e. The molecule has 0 rings (SSSR count). The summed E-state index contributed by atoms with van der Waals surface area (Å²) in [4.78, 5) is 0. The van der Waals surface area contributed by atoms with E-state index in [1.54, 1.807) is 0 Å². The maximum atomic E-state index is 7.72. The third-order valence-electron chi connectivity index (χ3n) is 0. The van der Waals surface area contributed by atoms with Crippen LogP contribution in [0, 0.1) is 0 Å². The third kappa shape index (κ3) is 19.1. The second kappa shape index (κ2) is 27.1. The predicted octanol–water partition coefficient (Wildman–Crippen LogP) is -9.49. The second-order valence-electron chi connectivity index (χ2n) is 0. The van der Waals surface area contributed by atoms with Gasteiger partial charge in [0.05, 0.1) is 0 Å². The summed E-state index contributed by atoms with van der Waals surface area (Å²) in [5, 5.41) is 0. The molecule has 0 amide bonds. The minimum absolute atomic E-state index is 0. The van der Waals surface area contributed by atoms with Crippen molar-refractivity contribution in [1.29, 1.82) is 0 Å². The summed E-state index contributed by atoms with van der Waals surface area (Å²) in [7, 11) is 0. The van der Waals surface area contributed by atoms with Gasteiger partial charge in [0.25, 0.3) is 0 Å². The Morgan fingerprint density at radius 3 is 1.20 bits per heavy atom. The molecule has 1 nitrogen and oxygen atoms in total. The molecule has 0 aromatic carbocycles. The van der Waals surface area contributed by atoms with E-state index in [2.05, 4.69) is 11.9 Å². The van der Waals surface area contributed by atoms with Crippen LogP contribution in [0.15, 0.2) is 0 Å². The van der Waals surface area contributed by atoms with Crippen LogP contribution in [-0.2, 0) is 0 Å². The Balaban J connectivity index is -0.00000000167. The summed E-state index contributed by atoms with van der Waals surface area (Å²) in [5.74, 6) is 0. The van der Waals surface area contributed by atoms with E-state index in [0.29, 0.717) is 0 Å². The Hall–Kier alpha value is 3.18. The first-order valence-corrected chi connectivity index (χ1v) is 0.463. The van der Waals surface area contributed by atoms with Gasteiger partial charge in [-0.15, -0.1) is 0 Å². The molecule has 0 aliphatic rings.